The summed E-state index contributed by atoms with van der Waals surface area (Å²) < 4.78 is 21.2. The molecule has 1 unspecified atom stereocenters. The van der Waals surface area contributed by atoms with Gasteiger partial charge in [-0.15, -0.1) is 11.3 Å². The van der Waals surface area contributed by atoms with E-state index in [1.54, 1.807) is 0 Å². The fourth-order valence-corrected chi connectivity index (χ4v) is 8.80. The van der Waals surface area contributed by atoms with Crippen molar-refractivity contribution in [2.24, 2.45) is 7.05 Å². The maximum absolute atomic E-state index is 16.6. The van der Waals surface area contributed by atoms with Crippen molar-refractivity contribution in [2.45, 2.75) is 25.4 Å². The van der Waals surface area contributed by atoms with E-state index < -0.39 is 6.17 Å². The van der Waals surface area contributed by atoms with E-state index in [0.29, 0.717) is 11.1 Å². The number of halogens is 1. The zero-order chi connectivity index (χ0) is 31.9. The smallest absolute Gasteiger partial charge is 0.150 e. The molecule has 0 bridgehead atoms. The molecule has 8 aromatic rings. The second-order valence-electron chi connectivity index (χ2n) is 12.8. The lowest BCUT2D eigenvalue weighted by molar-refractivity contribution is 0.402. The molecule has 0 aliphatic carbocycles. The van der Waals surface area contributed by atoms with Gasteiger partial charge in [0.05, 0.1) is 16.7 Å². The van der Waals surface area contributed by atoms with Crippen LogP contribution in [0.2, 0.25) is 0 Å². The highest BCUT2D eigenvalue weighted by Gasteiger charge is 2.40. The number of nitrogens with zero attached hydrogens (tertiary/aromatic N) is 4. The SMILES string of the molecule is Cn1c(-c2cccc(C(F)c3cccc(N4c5ccc6c(sc7ccccc76)c5C(C)(C)c5cccnc54)c3)c2)nc2ccccc21. The van der Waals surface area contributed by atoms with E-state index in [4.69, 9.17) is 9.97 Å². The molecule has 4 heterocycles. The monoisotopic (exact) mass is 630 g/mol. The summed E-state index contributed by atoms with van der Waals surface area (Å²) in [6.45, 7) is 4.58. The number of alkyl halides is 1. The minimum absolute atomic E-state index is 0.285. The highest BCUT2D eigenvalue weighted by atomic mass is 32.1. The molecule has 0 N–H and O–H groups in total. The Morgan fingerprint density at radius 1 is 0.766 bits per heavy atom. The number of imidazole rings is 1. The van der Waals surface area contributed by atoms with Crippen molar-refractivity contribution in [1.29, 1.82) is 0 Å². The van der Waals surface area contributed by atoms with E-state index in [2.05, 4.69) is 77.9 Å². The van der Waals surface area contributed by atoms with Gasteiger partial charge in [0, 0.05) is 61.2 Å². The zero-order valence-corrected chi connectivity index (χ0v) is 27.1. The van der Waals surface area contributed by atoms with Crippen LogP contribution in [0.15, 0.2) is 128 Å². The number of benzene rings is 5. The molecule has 5 aromatic carbocycles. The summed E-state index contributed by atoms with van der Waals surface area (Å²) in [6, 6.07) is 40.9. The molecule has 0 fully saturated rings. The van der Waals surface area contributed by atoms with Gasteiger partial charge in [-0.1, -0.05) is 86.6 Å². The molecule has 9 rings (SSSR count). The number of thiophene rings is 1. The lowest BCUT2D eigenvalue weighted by Gasteiger charge is -2.41. The number of para-hydroxylation sites is 2. The summed E-state index contributed by atoms with van der Waals surface area (Å²) in [6.07, 6.45) is 0.526. The first kappa shape index (κ1) is 27.9. The number of fused-ring (bicyclic) bond motifs is 7. The average Bonchev–Trinajstić information content (AvgIpc) is 3.65. The largest absolute Gasteiger partial charge is 0.327 e. The van der Waals surface area contributed by atoms with Gasteiger partial charge in [-0.3, -0.25) is 4.90 Å². The third kappa shape index (κ3) is 4.18. The normalized spacial score (nSPS) is 14.4. The lowest BCUT2D eigenvalue weighted by atomic mass is 9.74. The quantitative estimate of drug-likeness (QED) is 0.194. The molecule has 6 heteroatoms. The Labute approximate surface area is 276 Å². The van der Waals surface area contributed by atoms with Gasteiger partial charge >= 0.3 is 0 Å². The van der Waals surface area contributed by atoms with Gasteiger partial charge in [0.15, 0.2) is 6.17 Å². The van der Waals surface area contributed by atoms with Gasteiger partial charge in [0.25, 0.3) is 0 Å². The molecule has 0 saturated heterocycles. The lowest BCUT2D eigenvalue weighted by Crippen LogP contribution is -2.31. The van der Waals surface area contributed by atoms with Crippen LogP contribution >= 0.6 is 11.3 Å². The number of anilines is 3. The highest BCUT2D eigenvalue weighted by molar-refractivity contribution is 7.26. The molecule has 1 aliphatic rings. The Kier molecular flexibility index (Phi) is 6.15. The Morgan fingerprint density at radius 2 is 1.55 bits per heavy atom. The molecule has 1 atom stereocenters. The molecular weight excluding hydrogens is 600 g/mol. The van der Waals surface area contributed by atoms with Crippen LogP contribution in [0.3, 0.4) is 0 Å². The van der Waals surface area contributed by atoms with Gasteiger partial charge in [0.2, 0.25) is 0 Å². The van der Waals surface area contributed by atoms with Crippen LogP contribution in [0, 0.1) is 0 Å². The number of hydrogen-bond donors (Lipinski definition) is 0. The van der Waals surface area contributed by atoms with E-state index in [0.717, 1.165) is 45.2 Å². The van der Waals surface area contributed by atoms with Crippen molar-refractivity contribution in [3.63, 3.8) is 0 Å². The summed E-state index contributed by atoms with van der Waals surface area (Å²) in [5.41, 5.74) is 8.14. The predicted octanol–water partition coefficient (Wildman–Crippen LogP) is 11.2. The summed E-state index contributed by atoms with van der Waals surface area (Å²) >= 11 is 1.84. The molecule has 0 spiro atoms. The third-order valence-corrected chi connectivity index (χ3v) is 10.9. The third-order valence-electron chi connectivity index (χ3n) is 9.71. The fourth-order valence-electron chi connectivity index (χ4n) is 7.40. The van der Waals surface area contributed by atoms with Crippen LogP contribution in [-0.4, -0.2) is 14.5 Å². The van der Waals surface area contributed by atoms with Crippen molar-refractivity contribution in [3.8, 4) is 11.4 Å². The summed E-state index contributed by atoms with van der Waals surface area (Å²) in [4.78, 5) is 12.0. The van der Waals surface area contributed by atoms with Crippen LogP contribution in [0.1, 0.15) is 42.3 Å². The van der Waals surface area contributed by atoms with Gasteiger partial charge in [0.1, 0.15) is 11.6 Å². The number of aromatic nitrogens is 3. The average molecular weight is 631 g/mol. The molecule has 0 radical (unpaired) electrons. The first-order chi connectivity index (χ1) is 22.9. The van der Waals surface area contributed by atoms with E-state index in [1.165, 1.54) is 25.7 Å². The predicted molar refractivity (Wildman–Crippen MR) is 193 cm³/mol. The standard InChI is InChI=1S/C41H31FN4S/c1-41(2)31-16-10-22-43-40(31)46(34-21-20-30-29-15-4-7-19-35(29)47-38(30)36(34)41)28-14-9-12-26(24-28)37(42)25-11-8-13-27(23-25)39-44-32-17-5-6-18-33(32)45(39)3/h4-24,37H,1-3H3. The molecule has 3 aromatic heterocycles. The van der Waals surface area contributed by atoms with Gasteiger partial charge in [-0.2, -0.15) is 0 Å². The van der Waals surface area contributed by atoms with Crippen LogP contribution in [0.4, 0.5) is 21.6 Å². The second-order valence-corrected chi connectivity index (χ2v) is 13.9. The molecule has 0 saturated carbocycles. The minimum atomic E-state index is -1.32. The zero-order valence-electron chi connectivity index (χ0n) is 26.3. The number of hydrogen-bond acceptors (Lipinski definition) is 4. The summed E-state index contributed by atoms with van der Waals surface area (Å²) in [7, 11) is 2.00. The first-order valence-electron chi connectivity index (χ1n) is 15.9. The van der Waals surface area contributed by atoms with Gasteiger partial charge in [-0.25, -0.2) is 14.4 Å². The molecular formula is C41H31FN4S. The maximum Gasteiger partial charge on any atom is 0.150 e. The molecule has 1 aliphatic heterocycles. The van der Waals surface area contributed by atoms with Gasteiger partial charge in [-0.05, 0) is 59.7 Å². The van der Waals surface area contributed by atoms with Crippen LogP contribution in [0.25, 0.3) is 42.6 Å². The Morgan fingerprint density at radius 3 is 2.43 bits per heavy atom. The van der Waals surface area contributed by atoms with Crippen LogP contribution in [-0.2, 0) is 12.5 Å². The molecule has 4 nitrogen and oxygen atoms in total. The molecule has 47 heavy (non-hydrogen) atoms. The van der Waals surface area contributed by atoms with E-state index in [1.807, 2.05) is 91.3 Å². The number of aryl methyl sites for hydroxylation is 1. The van der Waals surface area contributed by atoms with Crippen molar-refractivity contribution in [2.75, 3.05) is 4.90 Å². The van der Waals surface area contributed by atoms with Crippen LogP contribution < -0.4 is 4.90 Å². The Bertz CT molecular complexity index is 2510. The Balaban J connectivity index is 1.17. The topological polar surface area (TPSA) is 34.0 Å². The molecule has 0 amide bonds. The first-order valence-corrected chi connectivity index (χ1v) is 16.7. The van der Waals surface area contributed by atoms with E-state index >= 15 is 4.39 Å². The van der Waals surface area contributed by atoms with Crippen molar-refractivity contribution < 1.29 is 4.39 Å². The van der Waals surface area contributed by atoms with E-state index in [9.17, 15) is 0 Å². The highest BCUT2D eigenvalue weighted by Crippen LogP contribution is 2.55. The summed E-state index contributed by atoms with van der Waals surface area (Å²) in [5, 5.41) is 2.54. The van der Waals surface area contributed by atoms with Crippen molar-refractivity contribution in [3.05, 3.63) is 150 Å². The fraction of sp³-hybridized carbons (Fsp3) is 0.122. The minimum Gasteiger partial charge on any atom is -0.327 e. The number of pyridine rings is 1. The second kappa shape index (κ2) is 10.3. The van der Waals surface area contributed by atoms with E-state index in [-0.39, 0.29) is 5.41 Å². The number of rotatable bonds is 4. The Hall–Kier alpha value is -5.33. The van der Waals surface area contributed by atoms with Crippen molar-refractivity contribution in [1.82, 2.24) is 14.5 Å². The maximum atomic E-state index is 16.6. The summed E-state index contributed by atoms with van der Waals surface area (Å²) in [5.74, 6) is 1.69. The van der Waals surface area contributed by atoms with Crippen molar-refractivity contribution >= 4 is 59.7 Å². The van der Waals surface area contributed by atoms with Gasteiger partial charge < -0.3 is 4.57 Å². The molecule has 228 valence electrons. The van der Waals surface area contributed by atoms with Crippen LogP contribution in [0.5, 0.6) is 0 Å².